The van der Waals surface area contributed by atoms with Crippen LogP contribution in [0.3, 0.4) is 0 Å². The van der Waals surface area contributed by atoms with Gasteiger partial charge in [-0.3, -0.25) is 9.59 Å². The van der Waals surface area contributed by atoms with E-state index in [2.05, 4.69) is 26.6 Å². The highest BCUT2D eigenvalue weighted by atomic mass is 79.9. The Labute approximate surface area is 141 Å². The average Bonchev–Trinajstić information content (AvgIpc) is 2.54. The molecule has 7 heteroatoms. The third kappa shape index (κ3) is 4.46. The van der Waals surface area contributed by atoms with Gasteiger partial charge in [-0.15, -0.1) is 0 Å². The number of carbonyl (C=O) groups excluding carboxylic acids is 2. The molecular weight excluding hydrogens is 364 g/mol. The van der Waals surface area contributed by atoms with Gasteiger partial charge in [0.25, 0.3) is 0 Å². The van der Waals surface area contributed by atoms with Crippen molar-refractivity contribution in [1.82, 2.24) is 0 Å². The van der Waals surface area contributed by atoms with Crippen LogP contribution in [-0.4, -0.2) is 26.0 Å². The van der Waals surface area contributed by atoms with Crippen LogP contribution in [0.4, 0.5) is 11.4 Å². The Balaban J connectivity index is 2.05. The molecule has 0 saturated carbocycles. The number of rotatable bonds is 4. The van der Waals surface area contributed by atoms with Crippen molar-refractivity contribution in [1.29, 1.82) is 0 Å². The number of hydrogen-bond acceptors (Lipinski definition) is 4. The summed E-state index contributed by atoms with van der Waals surface area (Å²) in [4.78, 5) is 23.9. The molecule has 0 bridgehead atoms. The molecule has 2 rings (SSSR count). The van der Waals surface area contributed by atoms with Gasteiger partial charge in [0.2, 0.25) is 0 Å². The zero-order valence-electron chi connectivity index (χ0n) is 12.6. The van der Waals surface area contributed by atoms with E-state index in [0.717, 1.165) is 4.47 Å². The van der Waals surface area contributed by atoms with Crippen molar-refractivity contribution in [3.8, 4) is 11.5 Å². The number of amides is 2. The van der Waals surface area contributed by atoms with Gasteiger partial charge in [0.15, 0.2) is 11.5 Å². The number of methoxy groups -OCH3 is 2. The number of ether oxygens (including phenoxy) is 2. The molecule has 0 spiro atoms. The average molecular weight is 379 g/mol. The van der Waals surface area contributed by atoms with Crippen LogP contribution in [0, 0.1) is 0 Å². The molecule has 0 saturated heterocycles. The van der Waals surface area contributed by atoms with E-state index in [1.807, 2.05) is 6.07 Å². The highest BCUT2D eigenvalue weighted by Crippen LogP contribution is 2.29. The summed E-state index contributed by atoms with van der Waals surface area (Å²) in [6.07, 6.45) is 0. The maximum atomic E-state index is 11.9. The minimum atomic E-state index is -0.780. The lowest BCUT2D eigenvalue weighted by Gasteiger charge is -2.10. The van der Waals surface area contributed by atoms with Crippen molar-refractivity contribution in [3.63, 3.8) is 0 Å². The minimum Gasteiger partial charge on any atom is -0.493 e. The van der Waals surface area contributed by atoms with E-state index in [-0.39, 0.29) is 0 Å². The standard InChI is InChI=1S/C16H15BrN2O4/c1-22-13-7-6-12(9-14(13)23-2)19-16(21)15(20)18-11-5-3-4-10(17)8-11/h3-9H,1-2H3,(H,18,20)(H,19,21). The first-order chi connectivity index (χ1) is 11.0. The molecule has 2 N–H and O–H groups in total. The van der Waals surface area contributed by atoms with Gasteiger partial charge in [0.1, 0.15) is 0 Å². The van der Waals surface area contributed by atoms with Crippen LogP contribution in [0.15, 0.2) is 46.9 Å². The molecule has 0 unspecified atom stereocenters. The monoisotopic (exact) mass is 378 g/mol. The Morgan fingerprint density at radius 3 is 2.04 bits per heavy atom. The molecule has 0 radical (unpaired) electrons. The van der Waals surface area contributed by atoms with Gasteiger partial charge in [-0.25, -0.2) is 0 Å². The number of halogens is 1. The second-order valence-corrected chi connectivity index (χ2v) is 5.40. The maximum absolute atomic E-state index is 11.9. The lowest BCUT2D eigenvalue weighted by atomic mass is 10.2. The lowest BCUT2D eigenvalue weighted by Crippen LogP contribution is -2.29. The lowest BCUT2D eigenvalue weighted by molar-refractivity contribution is -0.133. The summed E-state index contributed by atoms with van der Waals surface area (Å²) < 4.78 is 11.1. The summed E-state index contributed by atoms with van der Waals surface area (Å²) >= 11 is 3.29. The van der Waals surface area contributed by atoms with Gasteiger partial charge < -0.3 is 20.1 Å². The molecule has 23 heavy (non-hydrogen) atoms. The zero-order valence-corrected chi connectivity index (χ0v) is 14.1. The van der Waals surface area contributed by atoms with Crippen LogP contribution in [0.2, 0.25) is 0 Å². The molecule has 2 aromatic rings. The molecule has 0 heterocycles. The Morgan fingerprint density at radius 2 is 1.48 bits per heavy atom. The zero-order chi connectivity index (χ0) is 16.8. The minimum absolute atomic E-state index is 0.428. The summed E-state index contributed by atoms with van der Waals surface area (Å²) in [5.74, 6) is -0.558. The summed E-state index contributed by atoms with van der Waals surface area (Å²) in [5.41, 5.74) is 0.948. The van der Waals surface area contributed by atoms with E-state index < -0.39 is 11.8 Å². The smallest absolute Gasteiger partial charge is 0.314 e. The largest absolute Gasteiger partial charge is 0.493 e. The van der Waals surface area contributed by atoms with E-state index in [1.165, 1.54) is 14.2 Å². The highest BCUT2D eigenvalue weighted by Gasteiger charge is 2.15. The van der Waals surface area contributed by atoms with Crippen LogP contribution in [0.1, 0.15) is 0 Å². The van der Waals surface area contributed by atoms with Crippen molar-refractivity contribution in [2.45, 2.75) is 0 Å². The number of anilines is 2. The number of carbonyl (C=O) groups is 2. The summed E-state index contributed by atoms with van der Waals surface area (Å²) in [6, 6.07) is 11.8. The molecular formula is C16H15BrN2O4. The van der Waals surface area contributed by atoms with Crippen molar-refractivity contribution in [2.75, 3.05) is 24.9 Å². The summed E-state index contributed by atoms with van der Waals surface area (Å²) in [6.45, 7) is 0. The first-order valence-corrected chi connectivity index (χ1v) is 7.42. The Bertz CT molecular complexity index is 734. The normalized spacial score (nSPS) is 9.87. The molecule has 0 fully saturated rings. The third-order valence-electron chi connectivity index (χ3n) is 2.93. The molecule has 0 aliphatic heterocycles. The maximum Gasteiger partial charge on any atom is 0.314 e. The van der Waals surface area contributed by atoms with E-state index in [9.17, 15) is 9.59 Å². The van der Waals surface area contributed by atoms with E-state index in [4.69, 9.17) is 9.47 Å². The first-order valence-electron chi connectivity index (χ1n) is 6.63. The van der Waals surface area contributed by atoms with Crippen molar-refractivity contribution < 1.29 is 19.1 Å². The predicted octanol–water partition coefficient (Wildman–Crippen LogP) is 3.04. The molecule has 120 valence electrons. The van der Waals surface area contributed by atoms with Crippen molar-refractivity contribution in [2.24, 2.45) is 0 Å². The van der Waals surface area contributed by atoms with Gasteiger partial charge >= 0.3 is 11.8 Å². The fourth-order valence-electron chi connectivity index (χ4n) is 1.86. The summed E-state index contributed by atoms with van der Waals surface area (Å²) in [5, 5.41) is 5.02. The van der Waals surface area contributed by atoms with Crippen LogP contribution in [0.25, 0.3) is 0 Å². The van der Waals surface area contributed by atoms with Gasteiger partial charge in [-0.05, 0) is 30.3 Å². The number of benzene rings is 2. The van der Waals surface area contributed by atoms with Gasteiger partial charge in [-0.2, -0.15) is 0 Å². The van der Waals surface area contributed by atoms with E-state index >= 15 is 0 Å². The second-order valence-electron chi connectivity index (χ2n) is 4.49. The second kappa shape index (κ2) is 7.64. The fourth-order valence-corrected chi connectivity index (χ4v) is 2.26. The van der Waals surface area contributed by atoms with Crippen LogP contribution < -0.4 is 20.1 Å². The fraction of sp³-hybridized carbons (Fsp3) is 0.125. The molecule has 2 amide bonds. The SMILES string of the molecule is COc1ccc(NC(=O)C(=O)Nc2cccc(Br)c2)cc1OC. The molecule has 2 aromatic carbocycles. The molecule has 0 aliphatic rings. The molecule has 6 nitrogen and oxygen atoms in total. The Morgan fingerprint density at radius 1 is 0.870 bits per heavy atom. The Hall–Kier alpha value is -2.54. The van der Waals surface area contributed by atoms with Gasteiger partial charge in [0, 0.05) is 21.9 Å². The first kappa shape index (κ1) is 16.8. The van der Waals surface area contributed by atoms with E-state index in [1.54, 1.807) is 36.4 Å². The predicted molar refractivity (Wildman–Crippen MR) is 90.9 cm³/mol. The molecule has 0 aromatic heterocycles. The van der Waals surface area contributed by atoms with E-state index in [0.29, 0.717) is 22.9 Å². The summed E-state index contributed by atoms with van der Waals surface area (Å²) in [7, 11) is 3.00. The van der Waals surface area contributed by atoms with Crippen LogP contribution >= 0.6 is 15.9 Å². The highest BCUT2D eigenvalue weighted by molar-refractivity contribution is 9.10. The van der Waals surface area contributed by atoms with Gasteiger partial charge in [0.05, 0.1) is 14.2 Å². The quantitative estimate of drug-likeness (QED) is 0.801. The topological polar surface area (TPSA) is 76.7 Å². The number of hydrogen-bond donors (Lipinski definition) is 2. The van der Waals surface area contributed by atoms with Crippen molar-refractivity contribution in [3.05, 3.63) is 46.9 Å². The van der Waals surface area contributed by atoms with Gasteiger partial charge in [-0.1, -0.05) is 22.0 Å². The molecule has 0 aliphatic carbocycles. The van der Waals surface area contributed by atoms with Crippen LogP contribution in [0.5, 0.6) is 11.5 Å². The number of nitrogens with one attached hydrogen (secondary N) is 2. The van der Waals surface area contributed by atoms with Crippen LogP contribution in [-0.2, 0) is 9.59 Å². The third-order valence-corrected chi connectivity index (χ3v) is 3.42. The Kier molecular flexibility index (Phi) is 5.59. The molecule has 0 atom stereocenters. The van der Waals surface area contributed by atoms with Crippen molar-refractivity contribution >= 4 is 39.1 Å².